The van der Waals surface area contributed by atoms with Gasteiger partial charge in [-0.25, -0.2) is 0 Å². The van der Waals surface area contributed by atoms with Crippen LogP contribution < -0.4 is 10.6 Å². The van der Waals surface area contributed by atoms with Gasteiger partial charge in [0.25, 0.3) is 0 Å². The normalized spacial score (nSPS) is 17.0. The number of carbonyl (C=O) groups is 2. The zero-order chi connectivity index (χ0) is 20.9. The Labute approximate surface area is 176 Å². The predicted molar refractivity (Wildman–Crippen MR) is 117 cm³/mol. The number of piperazine rings is 1. The summed E-state index contributed by atoms with van der Waals surface area (Å²) in [6, 6.07) is 19.8. The molecule has 2 aromatic carbocycles. The molecule has 0 spiro atoms. The molecule has 1 saturated heterocycles. The molecule has 2 amide bonds. The molecule has 0 bridgehead atoms. The third-order valence-electron chi connectivity index (χ3n) is 5.43. The highest BCUT2D eigenvalue weighted by atomic mass is 16.2. The van der Waals surface area contributed by atoms with Gasteiger partial charge < -0.3 is 10.6 Å². The fraction of sp³-hybridized carbons (Fsp3) is 0.292. The van der Waals surface area contributed by atoms with Crippen LogP contribution in [0.15, 0.2) is 60.7 Å². The zero-order valence-corrected chi connectivity index (χ0v) is 17.1. The van der Waals surface area contributed by atoms with E-state index < -0.39 is 6.04 Å². The van der Waals surface area contributed by atoms with Crippen LogP contribution in [0.2, 0.25) is 0 Å². The van der Waals surface area contributed by atoms with Crippen LogP contribution in [0, 0.1) is 6.92 Å². The molecule has 0 radical (unpaired) electrons. The lowest BCUT2D eigenvalue weighted by molar-refractivity contribution is -0.134. The Morgan fingerprint density at radius 1 is 1.13 bits per heavy atom. The number of pyridine rings is 1. The molecule has 1 fully saturated rings. The summed E-state index contributed by atoms with van der Waals surface area (Å²) in [7, 11) is 0. The third-order valence-corrected chi connectivity index (χ3v) is 5.43. The summed E-state index contributed by atoms with van der Waals surface area (Å²) < 4.78 is 0. The Hall–Kier alpha value is -3.25. The smallest absolute Gasteiger partial charge is 0.237 e. The van der Waals surface area contributed by atoms with Crippen LogP contribution in [0.25, 0.3) is 10.8 Å². The van der Waals surface area contributed by atoms with E-state index in [1.807, 2.05) is 37.3 Å². The van der Waals surface area contributed by atoms with Gasteiger partial charge in [0.05, 0.1) is 24.7 Å². The van der Waals surface area contributed by atoms with Crippen LogP contribution in [0.4, 0.5) is 0 Å². The number of benzene rings is 2. The maximum absolute atomic E-state index is 12.5. The maximum atomic E-state index is 12.5. The molecule has 1 aromatic heterocycles. The first-order valence-corrected chi connectivity index (χ1v) is 10.3. The summed E-state index contributed by atoms with van der Waals surface area (Å²) in [5.74, 6) is -0.241. The van der Waals surface area contributed by atoms with Gasteiger partial charge in [-0.3, -0.25) is 19.5 Å². The lowest BCUT2D eigenvalue weighted by Gasteiger charge is -2.34. The van der Waals surface area contributed by atoms with Gasteiger partial charge in [-0.15, -0.1) is 0 Å². The molecule has 0 saturated carbocycles. The Morgan fingerprint density at radius 2 is 1.97 bits per heavy atom. The van der Waals surface area contributed by atoms with Gasteiger partial charge in [-0.2, -0.15) is 0 Å². The van der Waals surface area contributed by atoms with Crippen LogP contribution in [0.1, 0.15) is 23.4 Å². The molecular weight excluding hydrogens is 376 g/mol. The second-order valence-corrected chi connectivity index (χ2v) is 7.71. The van der Waals surface area contributed by atoms with Crippen molar-refractivity contribution in [3.8, 4) is 0 Å². The largest absolute Gasteiger partial charge is 0.353 e. The highest BCUT2D eigenvalue weighted by molar-refractivity contribution is 5.89. The highest BCUT2D eigenvalue weighted by Gasteiger charge is 2.31. The maximum Gasteiger partial charge on any atom is 0.237 e. The van der Waals surface area contributed by atoms with E-state index in [9.17, 15) is 9.59 Å². The van der Waals surface area contributed by atoms with Crippen LogP contribution in [0.3, 0.4) is 0 Å². The van der Waals surface area contributed by atoms with Crippen molar-refractivity contribution in [1.82, 2.24) is 20.5 Å². The number of carbonyl (C=O) groups excluding carboxylic acids is 2. The van der Waals surface area contributed by atoms with Gasteiger partial charge in [0, 0.05) is 25.3 Å². The number of nitrogens with one attached hydrogen (secondary N) is 2. The van der Waals surface area contributed by atoms with Crippen LogP contribution in [-0.2, 0) is 22.7 Å². The first-order chi connectivity index (χ1) is 14.6. The Balaban J connectivity index is 1.41. The summed E-state index contributed by atoms with van der Waals surface area (Å²) in [5.41, 5.74) is 2.86. The number of fused-ring (bicyclic) bond motifs is 1. The van der Waals surface area contributed by atoms with E-state index in [2.05, 4.69) is 50.8 Å². The van der Waals surface area contributed by atoms with Crippen molar-refractivity contribution in [1.29, 1.82) is 0 Å². The minimum atomic E-state index is -0.476. The number of aromatic nitrogens is 1. The fourth-order valence-corrected chi connectivity index (χ4v) is 3.88. The van der Waals surface area contributed by atoms with Gasteiger partial charge in [-0.05, 0) is 41.5 Å². The molecule has 30 heavy (non-hydrogen) atoms. The monoisotopic (exact) mass is 402 g/mol. The quantitative estimate of drug-likeness (QED) is 0.665. The average Bonchev–Trinajstić information content (AvgIpc) is 2.75. The minimum absolute atomic E-state index is 0.0918. The molecule has 1 aliphatic rings. The Bertz CT molecular complexity index is 1070. The highest BCUT2D eigenvalue weighted by Crippen LogP contribution is 2.19. The van der Waals surface area contributed by atoms with E-state index in [1.165, 1.54) is 10.8 Å². The zero-order valence-electron chi connectivity index (χ0n) is 17.1. The van der Waals surface area contributed by atoms with Crippen molar-refractivity contribution in [2.75, 3.05) is 13.1 Å². The van der Waals surface area contributed by atoms with Crippen LogP contribution in [-0.4, -0.2) is 40.8 Å². The topological polar surface area (TPSA) is 74.3 Å². The Kier molecular flexibility index (Phi) is 6.05. The number of hydrogen-bond donors (Lipinski definition) is 2. The van der Waals surface area contributed by atoms with E-state index in [-0.39, 0.29) is 18.2 Å². The van der Waals surface area contributed by atoms with Gasteiger partial charge >= 0.3 is 0 Å². The number of amides is 2. The van der Waals surface area contributed by atoms with E-state index in [4.69, 9.17) is 0 Å². The molecular formula is C24H26N4O2. The lowest BCUT2D eigenvalue weighted by atomic mass is 10.0. The van der Waals surface area contributed by atoms with Crippen molar-refractivity contribution in [2.45, 2.75) is 32.5 Å². The van der Waals surface area contributed by atoms with E-state index in [0.29, 0.717) is 19.6 Å². The molecule has 6 nitrogen and oxygen atoms in total. The van der Waals surface area contributed by atoms with Crippen molar-refractivity contribution >= 4 is 22.6 Å². The van der Waals surface area contributed by atoms with Crippen molar-refractivity contribution in [2.24, 2.45) is 0 Å². The standard InChI is InChI=1S/C24H26N4O2/c1-17-5-4-8-21(27-17)15-26-23(29)14-22-24(30)25-11-12-28(22)16-18-9-10-19-6-2-3-7-20(19)13-18/h2-10,13,22H,11-12,14-16H2,1H3,(H,25,30)(H,26,29). The van der Waals surface area contributed by atoms with Gasteiger partial charge in [-0.1, -0.05) is 42.5 Å². The Morgan fingerprint density at radius 3 is 2.80 bits per heavy atom. The molecule has 154 valence electrons. The third kappa shape index (κ3) is 4.83. The van der Waals surface area contributed by atoms with Gasteiger partial charge in [0.1, 0.15) is 0 Å². The SMILES string of the molecule is Cc1cccc(CNC(=O)CC2C(=O)NCCN2Cc2ccc3ccccc3c2)n1. The molecule has 6 heteroatoms. The number of rotatable bonds is 6. The predicted octanol–water partition coefficient (Wildman–Crippen LogP) is 2.55. The summed E-state index contributed by atoms with van der Waals surface area (Å²) in [4.78, 5) is 31.5. The van der Waals surface area contributed by atoms with Crippen molar-refractivity contribution in [3.63, 3.8) is 0 Å². The van der Waals surface area contributed by atoms with E-state index in [0.717, 1.165) is 23.5 Å². The fourth-order valence-electron chi connectivity index (χ4n) is 3.88. The van der Waals surface area contributed by atoms with E-state index in [1.54, 1.807) is 0 Å². The second kappa shape index (κ2) is 9.05. The molecule has 2 heterocycles. The molecule has 1 unspecified atom stereocenters. The number of nitrogens with zero attached hydrogens (tertiary/aromatic N) is 2. The minimum Gasteiger partial charge on any atom is -0.353 e. The molecule has 4 rings (SSSR count). The summed E-state index contributed by atoms with van der Waals surface area (Å²) >= 11 is 0. The van der Waals surface area contributed by atoms with Crippen LogP contribution in [0.5, 0.6) is 0 Å². The number of hydrogen-bond acceptors (Lipinski definition) is 4. The summed E-state index contributed by atoms with van der Waals surface area (Å²) in [6.07, 6.45) is 0.130. The summed E-state index contributed by atoms with van der Waals surface area (Å²) in [6.45, 7) is 4.23. The van der Waals surface area contributed by atoms with Gasteiger partial charge in [0.15, 0.2) is 0 Å². The molecule has 2 N–H and O–H groups in total. The van der Waals surface area contributed by atoms with Crippen LogP contribution >= 0.6 is 0 Å². The second-order valence-electron chi connectivity index (χ2n) is 7.71. The first-order valence-electron chi connectivity index (χ1n) is 10.3. The van der Waals surface area contributed by atoms with Gasteiger partial charge in [0.2, 0.25) is 11.8 Å². The molecule has 3 aromatic rings. The van der Waals surface area contributed by atoms with Crippen molar-refractivity contribution in [3.05, 3.63) is 77.6 Å². The first kappa shape index (κ1) is 20.0. The summed E-state index contributed by atoms with van der Waals surface area (Å²) in [5, 5.41) is 8.16. The number of aryl methyl sites for hydroxylation is 1. The van der Waals surface area contributed by atoms with E-state index >= 15 is 0 Å². The lowest BCUT2D eigenvalue weighted by Crippen LogP contribution is -2.56. The molecule has 0 aliphatic carbocycles. The van der Waals surface area contributed by atoms with Crippen molar-refractivity contribution < 1.29 is 9.59 Å². The molecule has 1 atom stereocenters. The molecule has 1 aliphatic heterocycles. The average molecular weight is 402 g/mol.